The highest BCUT2D eigenvalue weighted by molar-refractivity contribution is 5.54. The van der Waals surface area contributed by atoms with E-state index in [2.05, 4.69) is 18.0 Å². The van der Waals surface area contributed by atoms with Crippen molar-refractivity contribution >= 4 is 5.69 Å². The summed E-state index contributed by atoms with van der Waals surface area (Å²) in [5.41, 5.74) is 7.98. The van der Waals surface area contributed by atoms with Crippen LogP contribution in [0.1, 0.15) is 31.2 Å². The van der Waals surface area contributed by atoms with E-state index in [-0.39, 0.29) is 0 Å². The van der Waals surface area contributed by atoms with Crippen LogP contribution in [-0.2, 0) is 6.54 Å². The molecule has 0 heterocycles. The third-order valence-corrected chi connectivity index (χ3v) is 5.18. The minimum atomic E-state index is 0.735. The Labute approximate surface area is 122 Å². The summed E-state index contributed by atoms with van der Waals surface area (Å²) in [6, 6.07) is 6.12. The van der Waals surface area contributed by atoms with Crippen molar-refractivity contribution in [3.63, 3.8) is 0 Å². The first-order valence-electron chi connectivity index (χ1n) is 7.76. The molecule has 3 rings (SSSR count). The highest BCUT2D eigenvalue weighted by Crippen LogP contribution is 2.48. The maximum absolute atomic E-state index is 5.98. The summed E-state index contributed by atoms with van der Waals surface area (Å²) in [6.45, 7) is 2.20. The first-order valence-corrected chi connectivity index (χ1v) is 7.76. The fraction of sp³-hybridized carbons (Fsp3) is 0.647. The highest BCUT2D eigenvalue weighted by Gasteiger charge is 2.39. The lowest BCUT2D eigenvalue weighted by atomic mass is 9.88. The molecule has 0 aliphatic heterocycles. The molecular weight excluding hydrogens is 248 g/mol. The largest absolute Gasteiger partial charge is 0.495 e. The van der Waals surface area contributed by atoms with Gasteiger partial charge in [0.05, 0.1) is 12.8 Å². The van der Waals surface area contributed by atoms with Crippen molar-refractivity contribution in [2.24, 2.45) is 17.8 Å². The van der Waals surface area contributed by atoms with Crippen molar-refractivity contribution in [3.8, 4) is 5.75 Å². The average Bonchev–Trinajstić information content (AvgIpc) is 3.01. The molecule has 20 heavy (non-hydrogen) atoms. The molecule has 2 saturated carbocycles. The number of ether oxygens (including phenoxy) is 1. The topological polar surface area (TPSA) is 38.5 Å². The van der Waals surface area contributed by atoms with Gasteiger partial charge >= 0.3 is 0 Å². The van der Waals surface area contributed by atoms with Gasteiger partial charge in [-0.25, -0.2) is 0 Å². The van der Waals surface area contributed by atoms with Crippen LogP contribution in [0.25, 0.3) is 0 Å². The summed E-state index contributed by atoms with van der Waals surface area (Å²) in [7, 11) is 3.89. The molecule has 3 atom stereocenters. The second kappa shape index (κ2) is 5.65. The molecule has 3 heteroatoms. The van der Waals surface area contributed by atoms with E-state index < -0.39 is 0 Å². The van der Waals surface area contributed by atoms with Crippen LogP contribution in [0, 0.1) is 17.8 Å². The Morgan fingerprint density at radius 2 is 2.15 bits per heavy atom. The smallest absolute Gasteiger partial charge is 0.141 e. The number of hydrogen-bond donors (Lipinski definition) is 1. The maximum Gasteiger partial charge on any atom is 0.141 e. The summed E-state index contributed by atoms with van der Waals surface area (Å²) in [4.78, 5) is 2.45. The van der Waals surface area contributed by atoms with Crippen LogP contribution in [0.15, 0.2) is 18.2 Å². The SMILES string of the molecule is COc1ccc(CN(C)CC2CC3CCC2C3)cc1N. The number of rotatable bonds is 5. The lowest BCUT2D eigenvalue weighted by molar-refractivity contribution is 0.214. The first kappa shape index (κ1) is 13.7. The summed E-state index contributed by atoms with van der Waals surface area (Å²) in [5.74, 6) is 3.73. The van der Waals surface area contributed by atoms with E-state index >= 15 is 0 Å². The number of benzene rings is 1. The number of nitrogens with zero attached hydrogens (tertiary/aromatic N) is 1. The third kappa shape index (κ3) is 2.78. The fourth-order valence-corrected chi connectivity index (χ4v) is 4.26. The van der Waals surface area contributed by atoms with E-state index in [4.69, 9.17) is 10.5 Å². The predicted octanol–water partition coefficient (Wildman–Crippen LogP) is 3.15. The summed E-state index contributed by atoms with van der Waals surface area (Å²) in [6.07, 6.45) is 5.91. The monoisotopic (exact) mass is 274 g/mol. The molecule has 0 radical (unpaired) electrons. The second-order valence-electron chi connectivity index (χ2n) is 6.71. The zero-order chi connectivity index (χ0) is 14.1. The Bertz CT molecular complexity index is 474. The lowest BCUT2D eigenvalue weighted by Gasteiger charge is -2.27. The molecule has 3 unspecified atom stereocenters. The van der Waals surface area contributed by atoms with E-state index in [0.29, 0.717) is 0 Å². The molecule has 0 spiro atoms. The van der Waals surface area contributed by atoms with Gasteiger partial charge in [0.15, 0.2) is 0 Å². The molecule has 1 aromatic carbocycles. The Morgan fingerprint density at radius 3 is 2.75 bits per heavy atom. The van der Waals surface area contributed by atoms with Crippen molar-refractivity contribution in [2.75, 3.05) is 26.4 Å². The molecule has 2 aliphatic carbocycles. The van der Waals surface area contributed by atoms with Gasteiger partial charge in [-0.15, -0.1) is 0 Å². The van der Waals surface area contributed by atoms with Crippen LogP contribution in [0.5, 0.6) is 5.75 Å². The van der Waals surface area contributed by atoms with Gasteiger partial charge in [-0.1, -0.05) is 12.5 Å². The van der Waals surface area contributed by atoms with E-state index in [1.807, 2.05) is 12.1 Å². The van der Waals surface area contributed by atoms with Crippen molar-refractivity contribution in [3.05, 3.63) is 23.8 Å². The third-order valence-electron chi connectivity index (χ3n) is 5.18. The molecule has 3 nitrogen and oxygen atoms in total. The molecule has 2 bridgehead atoms. The molecule has 2 N–H and O–H groups in total. The zero-order valence-electron chi connectivity index (χ0n) is 12.6. The molecule has 1 aromatic rings. The molecule has 110 valence electrons. The van der Waals surface area contributed by atoms with E-state index in [9.17, 15) is 0 Å². The number of anilines is 1. The number of hydrogen-bond acceptors (Lipinski definition) is 3. The van der Waals surface area contributed by atoms with E-state index in [1.165, 1.54) is 37.8 Å². The van der Waals surface area contributed by atoms with Crippen LogP contribution in [-0.4, -0.2) is 25.6 Å². The normalized spacial score (nSPS) is 28.2. The van der Waals surface area contributed by atoms with Crippen LogP contribution >= 0.6 is 0 Å². The fourth-order valence-electron chi connectivity index (χ4n) is 4.26. The van der Waals surface area contributed by atoms with E-state index in [0.717, 1.165) is 35.7 Å². The number of nitrogen functional groups attached to an aromatic ring is 1. The second-order valence-corrected chi connectivity index (χ2v) is 6.71. The number of fused-ring (bicyclic) bond motifs is 2. The van der Waals surface area contributed by atoms with Gasteiger partial charge in [0, 0.05) is 13.1 Å². The van der Waals surface area contributed by atoms with E-state index in [1.54, 1.807) is 7.11 Å². The Morgan fingerprint density at radius 1 is 1.30 bits per heavy atom. The molecule has 2 aliphatic rings. The van der Waals surface area contributed by atoms with Gasteiger partial charge in [-0.2, -0.15) is 0 Å². The minimum absolute atomic E-state index is 0.735. The molecule has 0 amide bonds. The number of nitrogens with two attached hydrogens (primary N) is 1. The maximum atomic E-state index is 5.98. The van der Waals surface area contributed by atoms with Crippen LogP contribution < -0.4 is 10.5 Å². The first-order chi connectivity index (χ1) is 9.65. The van der Waals surface area contributed by atoms with Crippen LogP contribution in [0.4, 0.5) is 5.69 Å². The van der Waals surface area contributed by atoms with Crippen LogP contribution in [0.3, 0.4) is 0 Å². The van der Waals surface area contributed by atoms with Gasteiger partial charge in [0.25, 0.3) is 0 Å². The standard InChI is InChI=1S/C17H26N2O/c1-19(11-15-8-12-3-5-14(15)7-12)10-13-4-6-17(20-2)16(18)9-13/h4,6,9,12,14-15H,3,5,7-8,10-11,18H2,1-2H3. The molecular formula is C17H26N2O. The Hall–Kier alpha value is -1.22. The van der Waals surface area contributed by atoms with Gasteiger partial charge in [0.1, 0.15) is 5.75 Å². The van der Waals surface area contributed by atoms with Crippen molar-refractivity contribution in [2.45, 2.75) is 32.2 Å². The van der Waals surface area contributed by atoms with Gasteiger partial charge in [-0.05, 0) is 61.8 Å². The van der Waals surface area contributed by atoms with Crippen molar-refractivity contribution < 1.29 is 4.74 Å². The quantitative estimate of drug-likeness (QED) is 0.838. The van der Waals surface area contributed by atoms with Gasteiger partial charge < -0.3 is 15.4 Å². The predicted molar refractivity (Wildman–Crippen MR) is 82.7 cm³/mol. The average molecular weight is 274 g/mol. The molecule has 0 aromatic heterocycles. The summed E-state index contributed by atoms with van der Waals surface area (Å²) < 4.78 is 5.21. The lowest BCUT2D eigenvalue weighted by Crippen LogP contribution is -2.28. The van der Waals surface area contributed by atoms with Crippen LogP contribution in [0.2, 0.25) is 0 Å². The highest BCUT2D eigenvalue weighted by atomic mass is 16.5. The Kier molecular flexibility index (Phi) is 3.88. The van der Waals surface area contributed by atoms with Crippen molar-refractivity contribution in [1.29, 1.82) is 0 Å². The van der Waals surface area contributed by atoms with Gasteiger partial charge in [0.2, 0.25) is 0 Å². The zero-order valence-corrected chi connectivity index (χ0v) is 12.6. The summed E-state index contributed by atoms with van der Waals surface area (Å²) >= 11 is 0. The molecule has 0 saturated heterocycles. The van der Waals surface area contributed by atoms with Crippen molar-refractivity contribution in [1.82, 2.24) is 4.90 Å². The minimum Gasteiger partial charge on any atom is -0.495 e. The Balaban J connectivity index is 1.56. The molecule has 2 fully saturated rings. The number of methoxy groups -OCH3 is 1. The summed E-state index contributed by atoms with van der Waals surface area (Å²) in [5, 5.41) is 0. The van der Waals surface area contributed by atoms with Gasteiger partial charge in [-0.3, -0.25) is 0 Å².